The fourth-order valence-corrected chi connectivity index (χ4v) is 6.47. The molecule has 1 saturated heterocycles. The zero-order valence-corrected chi connectivity index (χ0v) is 25.8. The number of rotatable bonds is 9. The molecule has 5 rings (SSSR count). The highest BCUT2D eigenvalue weighted by Crippen LogP contribution is 2.30. The van der Waals surface area contributed by atoms with Gasteiger partial charge in [-0.3, -0.25) is 29.6 Å². The van der Waals surface area contributed by atoms with Gasteiger partial charge in [0.2, 0.25) is 5.91 Å². The Bertz CT molecular complexity index is 1970. The molecule has 3 amide bonds. The topological polar surface area (TPSA) is 191 Å². The minimum absolute atomic E-state index is 0.0642. The maximum absolute atomic E-state index is 13.1. The summed E-state index contributed by atoms with van der Waals surface area (Å²) in [6, 6.07) is 22.3. The van der Waals surface area contributed by atoms with Crippen LogP contribution in [0.3, 0.4) is 0 Å². The molecular weight excluding hydrogens is 656 g/mol. The molecule has 0 atom stereocenters. The summed E-state index contributed by atoms with van der Waals surface area (Å²) in [5.74, 6) is -1.82. The number of nitro benzene ring substituents is 1. The van der Waals surface area contributed by atoms with E-state index in [1.807, 2.05) is 36.4 Å². The van der Waals surface area contributed by atoms with Crippen LogP contribution in [0, 0.1) is 10.1 Å². The van der Waals surface area contributed by atoms with Gasteiger partial charge in [-0.25, -0.2) is 22.3 Å². The number of ether oxygens (including phenoxy) is 1. The second kappa shape index (κ2) is 13.8. The lowest BCUT2D eigenvalue weighted by Gasteiger charge is -2.33. The van der Waals surface area contributed by atoms with Crippen LogP contribution >= 0.6 is 11.6 Å². The summed E-state index contributed by atoms with van der Waals surface area (Å²) in [5, 5.41) is 13.8. The number of carbonyl (C=O) groups is 3. The number of nitrogens with one attached hydrogen (secondary N) is 1. The van der Waals surface area contributed by atoms with E-state index in [2.05, 4.69) is 10.3 Å². The molecule has 1 N–H and O–H groups in total. The number of benzene rings is 3. The molecule has 3 aromatic carbocycles. The predicted molar refractivity (Wildman–Crippen MR) is 167 cm³/mol. The van der Waals surface area contributed by atoms with Crippen LogP contribution in [0.25, 0.3) is 0 Å². The first-order chi connectivity index (χ1) is 22.4. The minimum Gasteiger partial charge on any atom is -0.436 e. The van der Waals surface area contributed by atoms with Gasteiger partial charge in [0.15, 0.2) is 11.0 Å². The summed E-state index contributed by atoms with van der Waals surface area (Å²) in [6.45, 7) is -1.90. The van der Waals surface area contributed by atoms with Crippen molar-refractivity contribution in [2.45, 2.75) is 17.5 Å². The molecule has 1 aromatic heterocycles. The lowest BCUT2D eigenvalue weighted by atomic mass is 10.0. The van der Waals surface area contributed by atoms with Crippen molar-refractivity contribution in [2.75, 3.05) is 25.0 Å². The quantitative estimate of drug-likeness (QED) is 0.203. The molecule has 0 bridgehead atoms. The van der Waals surface area contributed by atoms with E-state index < -0.39 is 74.9 Å². The van der Waals surface area contributed by atoms with E-state index in [1.165, 1.54) is 12.3 Å². The van der Waals surface area contributed by atoms with Crippen LogP contribution in [0.15, 0.2) is 101 Å². The summed E-state index contributed by atoms with van der Waals surface area (Å²) < 4.78 is 33.3. The summed E-state index contributed by atoms with van der Waals surface area (Å²) in [5.41, 5.74) is -0.242. The lowest BCUT2D eigenvalue weighted by Crippen LogP contribution is -2.54. The number of nitrogens with zero attached hydrogens (tertiary/aromatic N) is 5. The van der Waals surface area contributed by atoms with E-state index in [-0.39, 0.29) is 17.4 Å². The minimum atomic E-state index is -4.64. The highest BCUT2D eigenvalue weighted by Gasteiger charge is 2.39. The van der Waals surface area contributed by atoms with E-state index in [0.29, 0.717) is 4.31 Å². The van der Waals surface area contributed by atoms with Crippen LogP contribution in [0.5, 0.6) is 0 Å². The van der Waals surface area contributed by atoms with Crippen LogP contribution in [-0.4, -0.2) is 69.6 Å². The maximum atomic E-state index is 13.1. The SMILES string of the molecule is O=C(Nc1ccn(CC(=O)N2CCN(S(=O)(=O)c3ccc(Cl)cc3[N+](=O)[O-])C(=O)C2)c(=O)n1)OC(c1ccccc1)c1ccccc1. The van der Waals surface area contributed by atoms with E-state index in [0.717, 1.165) is 38.8 Å². The standard InChI is InChI=1S/C30H25ClN6O9S/c31-22-11-12-24(23(17-22)37(42)43)47(44,45)36-16-15-34(19-27(36)39)26(38)18-35-14-13-25(32-29(35)40)33-30(41)46-28(20-7-3-1-4-8-20)21-9-5-2-6-10-21/h1-14,17,28H,15-16,18-19H2,(H,32,33,40,41). The van der Waals surface area contributed by atoms with E-state index in [9.17, 15) is 37.7 Å². The molecule has 0 unspecified atom stereocenters. The molecule has 0 radical (unpaired) electrons. The molecule has 17 heteroatoms. The van der Waals surface area contributed by atoms with Gasteiger partial charge < -0.3 is 9.64 Å². The number of amides is 3. The third-order valence-corrected chi connectivity index (χ3v) is 9.16. The van der Waals surface area contributed by atoms with Crippen molar-refractivity contribution in [3.8, 4) is 0 Å². The number of aromatic nitrogens is 2. The van der Waals surface area contributed by atoms with Gasteiger partial charge in [-0.1, -0.05) is 72.3 Å². The van der Waals surface area contributed by atoms with Crippen molar-refractivity contribution in [2.24, 2.45) is 0 Å². The van der Waals surface area contributed by atoms with Crippen molar-refractivity contribution < 1.29 is 32.5 Å². The number of halogens is 1. The van der Waals surface area contributed by atoms with Crippen molar-refractivity contribution in [3.05, 3.63) is 128 Å². The lowest BCUT2D eigenvalue weighted by molar-refractivity contribution is -0.387. The highest BCUT2D eigenvalue weighted by molar-refractivity contribution is 7.89. The smallest absolute Gasteiger partial charge is 0.413 e. The largest absolute Gasteiger partial charge is 0.436 e. The van der Waals surface area contributed by atoms with Crippen LogP contribution in [0.2, 0.25) is 5.02 Å². The van der Waals surface area contributed by atoms with Gasteiger partial charge in [0.25, 0.3) is 21.6 Å². The number of carbonyl (C=O) groups excluding carboxylic acids is 3. The molecule has 0 saturated carbocycles. The fourth-order valence-electron chi connectivity index (χ4n) is 4.78. The molecule has 15 nitrogen and oxygen atoms in total. The Labute approximate surface area is 272 Å². The van der Waals surface area contributed by atoms with Crippen LogP contribution < -0.4 is 11.0 Å². The molecule has 2 heterocycles. The Morgan fingerprint density at radius 2 is 1.62 bits per heavy atom. The fraction of sp³-hybridized carbons (Fsp3) is 0.167. The highest BCUT2D eigenvalue weighted by atomic mass is 35.5. The molecule has 1 aliphatic heterocycles. The van der Waals surface area contributed by atoms with Crippen LogP contribution in [0.4, 0.5) is 16.3 Å². The second-order valence-corrected chi connectivity index (χ2v) is 12.4. The summed E-state index contributed by atoms with van der Waals surface area (Å²) >= 11 is 5.77. The first-order valence-electron chi connectivity index (χ1n) is 13.9. The zero-order chi connectivity index (χ0) is 33.7. The third-order valence-electron chi connectivity index (χ3n) is 7.06. The Kier molecular flexibility index (Phi) is 9.62. The van der Waals surface area contributed by atoms with Gasteiger partial charge in [-0.2, -0.15) is 4.98 Å². The number of hydrogen-bond acceptors (Lipinski definition) is 10. The van der Waals surface area contributed by atoms with Crippen molar-refractivity contribution in [1.29, 1.82) is 0 Å². The zero-order valence-electron chi connectivity index (χ0n) is 24.3. The van der Waals surface area contributed by atoms with Gasteiger partial charge >= 0.3 is 11.8 Å². The molecule has 242 valence electrons. The Morgan fingerprint density at radius 1 is 0.979 bits per heavy atom. The van der Waals surface area contributed by atoms with Gasteiger partial charge in [0.1, 0.15) is 18.9 Å². The molecule has 1 fully saturated rings. The van der Waals surface area contributed by atoms with Crippen molar-refractivity contribution in [3.63, 3.8) is 0 Å². The molecule has 1 aliphatic rings. The van der Waals surface area contributed by atoms with Gasteiger partial charge in [-0.15, -0.1) is 0 Å². The van der Waals surface area contributed by atoms with Gasteiger partial charge in [0.05, 0.1) is 11.5 Å². The third kappa shape index (κ3) is 7.45. The molecule has 0 spiro atoms. The van der Waals surface area contributed by atoms with Crippen LogP contribution in [0.1, 0.15) is 17.2 Å². The van der Waals surface area contributed by atoms with Crippen molar-refractivity contribution in [1.82, 2.24) is 18.8 Å². The molecule has 0 aliphatic carbocycles. The predicted octanol–water partition coefficient (Wildman–Crippen LogP) is 3.20. The Morgan fingerprint density at radius 3 is 2.19 bits per heavy atom. The van der Waals surface area contributed by atoms with Gasteiger partial charge in [0, 0.05) is 23.8 Å². The van der Waals surface area contributed by atoms with Crippen LogP contribution in [-0.2, 0) is 30.9 Å². The van der Waals surface area contributed by atoms with Crippen molar-refractivity contribution >= 4 is 51.0 Å². The first kappa shape index (κ1) is 32.8. The number of nitro groups is 1. The average molecular weight is 681 g/mol. The average Bonchev–Trinajstić information content (AvgIpc) is 3.05. The van der Waals surface area contributed by atoms with E-state index in [1.54, 1.807) is 24.3 Å². The maximum Gasteiger partial charge on any atom is 0.413 e. The second-order valence-electron chi connectivity index (χ2n) is 10.1. The molecule has 4 aromatic rings. The number of anilines is 1. The van der Waals surface area contributed by atoms with E-state index in [4.69, 9.17) is 16.3 Å². The summed E-state index contributed by atoms with van der Waals surface area (Å²) in [6.07, 6.45) is -0.398. The number of hydrogen-bond donors (Lipinski definition) is 1. The normalized spacial score (nSPS) is 13.4. The van der Waals surface area contributed by atoms with E-state index >= 15 is 0 Å². The van der Waals surface area contributed by atoms with Gasteiger partial charge in [-0.05, 0) is 29.3 Å². The number of sulfonamides is 1. The monoisotopic (exact) mass is 680 g/mol. The molecular formula is C30H25ClN6O9S. The number of piperazine rings is 1. The summed E-state index contributed by atoms with van der Waals surface area (Å²) in [4.78, 5) is 65.9. The molecule has 47 heavy (non-hydrogen) atoms. The Hall–Kier alpha value is -5.61. The Balaban J connectivity index is 1.21. The first-order valence-corrected chi connectivity index (χ1v) is 15.7. The summed E-state index contributed by atoms with van der Waals surface area (Å²) in [7, 11) is -4.64.